The van der Waals surface area contributed by atoms with Gasteiger partial charge in [0, 0.05) is 5.39 Å². The minimum atomic E-state index is 0.871. The average molecular weight is 218 g/mol. The first-order valence-electron chi connectivity index (χ1n) is 5.02. The highest BCUT2D eigenvalue weighted by Gasteiger charge is 2.04. The lowest BCUT2D eigenvalue weighted by atomic mass is 10.0. The van der Waals surface area contributed by atoms with Crippen LogP contribution in [0.5, 0.6) is 5.75 Å². The molecule has 2 aromatic carbocycles. The molecule has 78 valence electrons. The molecule has 0 bridgehead atoms. The molecule has 0 N–H and O–H groups in total. The average Bonchev–Trinajstić information content (AvgIpc) is 2.30. The minimum absolute atomic E-state index is 0.871. The van der Waals surface area contributed by atoms with Crippen LogP contribution in [0.25, 0.3) is 10.8 Å². The third-order valence-electron chi connectivity index (χ3n) is 2.58. The molecule has 0 aliphatic heterocycles. The maximum atomic E-state index is 5.34. The summed E-state index contributed by atoms with van der Waals surface area (Å²) in [7, 11) is 1.71. The van der Waals surface area contributed by atoms with Crippen molar-refractivity contribution in [3.05, 3.63) is 42.0 Å². The van der Waals surface area contributed by atoms with E-state index < -0.39 is 0 Å². The van der Waals surface area contributed by atoms with Crippen molar-refractivity contribution in [1.82, 2.24) is 0 Å². The molecule has 0 radical (unpaired) electrons. The molecule has 0 saturated heterocycles. The van der Waals surface area contributed by atoms with E-state index in [-0.39, 0.29) is 0 Å². The van der Waals surface area contributed by atoms with Gasteiger partial charge < -0.3 is 4.74 Å². The van der Waals surface area contributed by atoms with E-state index in [1.807, 2.05) is 12.1 Å². The zero-order chi connectivity index (χ0) is 10.7. The van der Waals surface area contributed by atoms with Crippen molar-refractivity contribution in [2.45, 2.75) is 6.42 Å². The van der Waals surface area contributed by atoms with Crippen LogP contribution in [0.1, 0.15) is 5.56 Å². The van der Waals surface area contributed by atoms with Gasteiger partial charge in [-0.2, -0.15) is 12.6 Å². The van der Waals surface area contributed by atoms with E-state index in [1.54, 1.807) is 7.11 Å². The second-order valence-electron chi connectivity index (χ2n) is 3.45. The van der Waals surface area contributed by atoms with E-state index >= 15 is 0 Å². The van der Waals surface area contributed by atoms with Crippen LogP contribution in [0, 0.1) is 0 Å². The Morgan fingerprint density at radius 1 is 1.07 bits per heavy atom. The van der Waals surface area contributed by atoms with Crippen LogP contribution in [0.2, 0.25) is 0 Å². The van der Waals surface area contributed by atoms with Crippen LogP contribution in [0.4, 0.5) is 0 Å². The highest BCUT2D eigenvalue weighted by Crippen LogP contribution is 2.28. The van der Waals surface area contributed by atoms with Gasteiger partial charge in [-0.1, -0.05) is 30.3 Å². The third-order valence-corrected chi connectivity index (χ3v) is 2.80. The molecule has 0 fully saturated rings. The summed E-state index contributed by atoms with van der Waals surface area (Å²) >= 11 is 4.28. The minimum Gasteiger partial charge on any atom is -0.496 e. The number of rotatable bonds is 3. The van der Waals surface area contributed by atoms with Gasteiger partial charge in [-0.15, -0.1) is 0 Å². The first-order valence-corrected chi connectivity index (χ1v) is 5.65. The lowest BCUT2D eigenvalue weighted by molar-refractivity contribution is 0.419. The van der Waals surface area contributed by atoms with Gasteiger partial charge in [0.15, 0.2) is 0 Å². The molecule has 0 spiro atoms. The SMILES string of the molecule is COc1ccc(CCS)c2ccccc12. The summed E-state index contributed by atoms with van der Waals surface area (Å²) in [6.07, 6.45) is 0.994. The maximum absolute atomic E-state index is 5.34. The van der Waals surface area contributed by atoms with Gasteiger partial charge in [0.2, 0.25) is 0 Å². The standard InChI is InChI=1S/C13H14OS/c1-14-13-7-6-10(8-9-15)11-4-2-3-5-12(11)13/h2-7,15H,8-9H2,1H3. The quantitative estimate of drug-likeness (QED) is 0.777. The summed E-state index contributed by atoms with van der Waals surface area (Å²) in [4.78, 5) is 0. The lowest BCUT2D eigenvalue weighted by Crippen LogP contribution is -1.91. The Kier molecular flexibility index (Phi) is 3.17. The molecule has 0 aliphatic rings. The van der Waals surface area contributed by atoms with E-state index in [9.17, 15) is 0 Å². The summed E-state index contributed by atoms with van der Waals surface area (Å²) in [5.41, 5.74) is 1.33. The van der Waals surface area contributed by atoms with Crippen molar-refractivity contribution in [3.8, 4) is 5.75 Å². The number of methoxy groups -OCH3 is 1. The maximum Gasteiger partial charge on any atom is 0.126 e. The van der Waals surface area contributed by atoms with Crippen molar-refractivity contribution >= 4 is 23.4 Å². The van der Waals surface area contributed by atoms with Crippen LogP contribution in [-0.4, -0.2) is 12.9 Å². The van der Waals surface area contributed by atoms with E-state index in [4.69, 9.17) is 4.74 Å². The molecule has 0 saturated carbocycles. The normalized spacial score (nSPS) is 10.5. The Morgan fingerprint density at radius 2 is 1.80 bits per heavy atom. The van der Waals surface area contributed by atoms with Crippen molar-refractivity contribution in [1.29, 1.82) is 0 Å². The van der Waals surface area contributed by atoms with Crippen LogP contribution >= 0.6 is 12.6 Å². The molecule has 2 heteroatoms. The zero-order valence-electron chi connectivity index (χ0n) is 8.73. The molecular formula is C13H14OS. The van der Waals surface area contributed by atoms with Gasteiger partial charge in [-0.05, 0) is 29.2 Å². The molecule has 0 amide bonds. The predicted molar refractivity (Wildman–Crippen MR) is 68.1 cm³/mol. The second kappa shape index (κ2) is 4.58. The predicted octanol–water partition coefficient (Wildman–Crippen LogP) is 3.32. The molecule has 0 unspecified atom stereocenters. The summed E-state index contributed by atoms with van der Waals surface area (Å²) in [5, 5.41) is 2.45. The zero-order valence-corrected chi connectivity index (χ0v) is 9.63. The fourth-order valence-corrected chi connectivity index (χ4v) is 2.09. The summed E-state index contributed by atoms with van der Waals surface area (Å²) in [6, 6.07) is 12.5. The van der Waals surface area contributed by atoms with Gasteiger partial charge in [-0.3, -0.25) is 0 Å². The fourth-order valence-electron chi connectivity index (χ4n) is 1.85. The Hall–Kier alpha value is -1.15. The number of hydrogen-bond donors (Lipinski definition) is 1. The van der Waals surface area contributed by atoms with Crippen LogP contribution in [-0.2, 0) is 6.42 Å². The molecule has 2 aromatic rings. The first-order chi connectivity index (χ1) is 7.36. The second-order valence-corrected chi connectivity index (χ2v) is 3.89. The Bertz CT molecular complexity index is 465. The monoisotopic (exact) mass is 218 g/mol. The molecule has 15 heavy (non-hydrogen) atoms. The van der Waals surface area contributed by atoms with Gasteiger partial charge in [0.25, 0.3) is 0 Å². The Balaban J connectivity index is 2.66. The van der Waals surface area contributed by atoms with Crippen LogP contribution in [0.15, 0.2) is 36.4 Å². The van der Waals surface area contributed by atoms with Gasteiger partial charge in [0.1, 0.15) is 5.75 Å². The lowest BCUT2D eigenvalue weighted by Gasteiger charge is -2.09. The Labute approximate surface area is 95.5 Å². The van der Waals surface area contributed by atoms with E-state index in [0.29, 0.717) is 0 Å². The smallest absolute Gasteiger partial charge is 0.126 e. The number of thiol groups is 1. The van der Waals surface area contributed by atoms with E-state index in [1.165, 1.54) is 16.3 Å². The molecule has 0 heterocycles. The summed E-state index contributed by atoms with van der Waals surface area (Å²) in [5.74, 6) is 1.81. The fraction of sp³-hybridized carbons (Fsp3) is 0.231. The van der Waals surface area contributed by atoms with Crippen molar-refractivity contribution in [3.63, 3.8) is 0 Å². The van der Waals surface area contributed by atoms with Crippen molar-refractivity contribution in [2.24, 2.45) is 0 Å². The molecule has 0 atom stereocenters. The number of fused-ring (bicyclic) bond motifs is 1. The number of aryl methyl sites for hydroxylation is 1. The molecule has 0 aliphatic carbocycles. The van der Waals surface area contributed by atoms with Gasteiger partial charge >= 0.3 is 0 Å². The topological polar surface area (TPSA) is 9.23 Å². The van der Waals surface area contributed by atoms with Crippen LogP contribution in [0.3, 0.4) is 0 Å². The highest BCUT2D eigenvalue weighted by atomic mass is 32.1. The van der Waals surface area contributed by atoms with Gasteiger partial charge in [0.05, 0.1) is 7.11 Å². The van der Waals surface area contributed by atoms with Crippen LogP contribution < -0.4 is 4.74 Å². The van der Waals surface area contributed by atoms with Crippen molar-refractivity contribution in [2.75, 3.05) is 12.9 Å². The van der Waals surface area contributed by atoms with Crippen molar-refractivity contribution < 1.29 is 4.74 Å². The largest absolute Gasteiger partial charge is 0.496 e. The first kappa shape index (κ1) is 10.4. The molecular weight excluding hydrogens is 204 g/mol. The number of benzene rings is 2. The van der Waals surface area contributed by atoms with E-state index in [2.05, 4.69) is 36.9 Å². The number of hydrogen-bond acceptors (Lipinski definition) is 2. The van der Waals surface area contributed by atoms with Gasteiger partial charge in [-0.25, -0.2) is 0 Å². The molecule has 1 nitrogen and oxygen atoms in total. The number of ether oxygens (including phenoxy) is 1. The summed E-state index contributed by atoms with van der Waals surface area (Å²) < 4.78 is 5.34. The molecule has 2 rings (SSSR count). The molecule has 0 aromatic heterocycles. The Morgan fingerprint density at radius 3 is 2.47 bits per heavy atom. The third kappa shape index (κ3) is 1.95. The summed E-state index contributed by atoms with van der Waals surface area (Å²) in [6.45, 7) is 0. The van der Waals surface area contributed by atoms with E-state index in [0.717, 1.165) is 17.9 Å². The highest BCUT2D eigenvalue weighted by molar-refractivity contribution is 7.80.